The number of carbonyl (C=O) groups is 1. The van der Waals surface area contributed by atoms with Crippen molar-refractivity contribution in [1.82, 2.24) is 14.6 Å². The topological polar surface area (TPSA) is 110 Å². The van der Waals surface area contributed by atoms with Crippen LogP contribution in [0.15, 0.2) is 23.1 Å². The number of hydrogen-bond acceptors (Lipinski definition) is 8. The first-order valence-electron chi connectivity index (χ1n) is 9.84. The fourth-order valence-electron chi connectivity index (χ4n) is 3.33. The molecule has 11 heteroatoms. The van der Waals surface area contributed by atoms with Crippen LogP contribution in [0.1, 0.15) is 23.9 Å². The third kappa shape index (κ3) is 4.75. The Morgan fingerprint density at radius 3 is 2.87 bits per heavy atom. The minimum atomic E-state index is -3.76. The summed E-state index contributed by atoms with van der Waals surface area (Å²) in [6, 6.07) is 4.45. The van der Waals surface area contributed by atoms with Crippen molar-refractivity contribution in [1.29, 1.82) is 0 Å². The van der Waals surface area contributed by atoms with Crippen LogP contribution >= 0.6 is 11.3 Å². The standard InChI is InChI=1S/C19H24N4O5S2/c1-2-23-8-6-14-17(12-23)29-19(21-14)22-18(24)5-7-20-30(25,26)13-3-4-15-16(11-13)28-10-9-27-15/h3-4,11,20H,2,5-10,12H2,1H3,(H,21,22,24). The molecule has 0 atom stereocenters. The van der Waals surface area contributed by atoms with E-state index in [1.165, 1.54) is 28.3 Å². The third-order valence-corrected chi connectivity index (χ3v) is 7.43. The molecule has 2 aliphatic heterocycles. The molecule has 2 N–H and O–H groups in total. The summed E-state index contributed by atoms with van der Waals surface area (Å²) < 4.78 is 38.3. The maximum Gasteiger partial charge on any atom is 0.240 e. The van der Waals surface area contributed by atoms with E-state index in [-0.39, 0.29) is 23.8 Å². The van der Waals surface area contributed by atoms with Gasteiger partial charge < -0.3 is 14.8 Å². The largest absolute Gasteiger partial charge is 0.486 e. The lowest BCUT2D eigenvalue weighted by molar-refractivity contribution is -0.116. The van der Waals surface area contributed by atoms with Crippen molar-refractivity contribution in [2.75, 3.05) is 38.2 Å². The van der Waals surface area contributed by atoms with Crippen LogP contribution in [0.4, 0.5) is 5.13 Å². The molecule has 9 nitrogen and oxygen atoms in total. The van der Waals surface area contributed by atoms with E-state index < -0.39 is 10.0 Å². The van der Waals surface area contributed by atoms with Gasteiger partial charge in [0.15, 0.2) is 16.6 Å². The van der Waals surface area contributed by atoms with E-state index in [0.717, 1.165) is 31.7 Å². The second-order valence-corrected chi connectivity index (χ2v) is 9.86. The van der Waals surface area contributed by atoms with Crippen molar-refractivity contribution in [3.63, 3.8) is 0 Å². The number of hydrogen-bond donors (Lipinski definition) is 2. The molecule has 0 saturated carbocycles. The summed E-state index contributed by atoms with van der Waals surface area (Å²) in [4.78, 5) is 20.3. The highest BCUT2D eigenvalue weighted by molar-refractivity contribution is 7.89. The van der Waals surface area contributed by atoms with Gasteiger partial charge in [0, 0.05) is 43.4 Å². The molecule has 0 spiro atoms. The van der Waals surface area contributed by atoms with Gasteiger partial charge in [0.25, 0.3) is 0 Å². The first-order valence-corrected chi connectivity index (χ1v) is 12.1. The Labute approximate surface area is 179 Å². The Hall–Kier alpha value is -2.21. The number of rotatable bonds is 7. The zero-order chi connectivity index (χ0) is 21.1. The lowest BCUT2D eigenvalue weighted by atomic mass is 10.2. The van der Waals surface area contributed by atoms with E-state index in [1.54, 1.807) is 6.07 Å². The fourth-order valence-corrected chi connectivity index (χ4v) is 5.44. The molecule has 4 rings (SSSR count). The number of anilines is 1. The highest BCUT2D eigenvalue weighted by Crippen LogP contribution is 2.32. The molecule has 3 heterocycles. The van der Waals surface area contributed by atoms with Crippen molar-refractivity contribution in [3.05, 3.63) is 28.8 Å². The molecule has 2 aliphatic rings. The molecule has 30 heavy (non-hydrogen) atoms. The van der Waals surface area contributed by atoms with Gasteiger partial charge in [-0.05, 0) is 18.7 Å². The molecule has 0 fully saturated rings. The highest BCUT2D eigenvalue weighted by Gasteiger charge is 2.21. The van der Waals surface area contributed by atoms with Crippen molar-refractivity contribution in [2.45, 2.75) is 31.2 Å². The van der Waals surface area contributed by atoms with E-state index in [4.69, 9.17) is 9.47 Å². The maximum atomic E-state index is 12.5. The number of ether oxygens (including phenoxy) is 2. The Morgan fingerprint density at radius 2 is 2.07 bits per heavy atom. The monoisotopic (exact) mass is 452 g/mol. The number of aromatic nitrogens is 1. The van der Waals surface area contributed by atoms with Crippen molar-refractivity contribution in [2.24, 2.45) is 0 Å². The Morgan fingerprint density at radius 1 is 1.27 bits per heavy atom. The van der Waals surface area contributed by atoms with Gasteiger partial charge in [-0.25, -0.2) is 18.1 Å². The average Bonchev–Trinajstić information content (AvgIpc) is 3.14. The molecule has 0 radical (unpaired) electrons. The molecular weight excluding hydrogens is 428 g/mol. The molecule has 2 aromatic rings. The average molecular weight is 453 g/mol. The summed E-state index contributed by atoms with van der Waals surface area (Å²) in [6.45, 7) is 5.74. The molecule has 1 aromatic carbocycles. The summed E-state index contributed by atoms with van der Waals surface area (Å²) in [5.74, 6) is 0.641. The summed E-state index contributed by atoms with van der Waals surface area (Å²) in [5.41, 5.74) is 1.04. The summed E-state index contributed by atoms with van der Waals surface area (Å²) in [5, 5.41) is 3.34. The van der Waals surface area contributed by atoms with Gasteiger partial charge in [-0.15, -0.1) is 11.3 Å². The smallest absolute Gasteiger partial charge is 0.240 e. The summed E-state index contributed by atoms with van der Waals surface area (Å²) >= 11 is 1.48. The molecule has 0 unspecified atom stereocenters. The van der Waals surface area contributed by atoms with Crippen LogP contribution in [0.3, 0.4) is 0 Å². The normalized spacial score (nSPS) is 16.2. The minimum absolute atomic E-state index is 0.00904. The van der Waals surface area contributed by atoms with Gasteiger partial charge in [-0.1, -0.05) is 6.92 Å². The predicted molar refractivity (Wildman–Crippen MR) is 113 cm³/mol. The summed E-state index contributed by atoms with van der Waals surface area (Å²) in [7, 11) is -3.76. The first kappa shape index (κ1) is 21.0. The van der Waals surface area contributed by atoms with Crippen LogP contribution in [0, 0.1) is 0 Å². The van der Waals surface area contributed by atoms with E-state index >= 15 is 0 Å². The van der Waals surface area contributed by atoms with E-state index in [2.05, 4.69) is 26.8 Å². The van der Waals surface area contributed by atoms with Crippen molar-refractivity contribution in [3.8, 4) is 11.5 Å². The molecule has 0 saturated heterocycles. The van der Waals surface area contributed by atoms with Crippen LogP contribution in [0.25, 0.3) is 0 Å². The number of amides is 1. The SMILES string of the molecule is CCN1CCc2nc(NC(=O)CCNS(=O)(=O)c3ccc4c(c3)OCCO4)sc2C1. The zero-order valence-corrected chi connectivity index (χ0v) is 18.3. The maximum absolute atomic E-state index is 12.5. The van der Waals surface area contributed by atoms with Crippen LogP contribution in [0.2, 0.25) is 0 Å². The van der Waals surface area contributed by atoms with E-state index in [0.29, 0.717) is 29.8 Å². The fraction of sp³-hybridized carbons (Fsp3) is 0.474. The van der Waals surface area contributed by atoms with Gasteiger partial charge >= 0.3 is 0 Å². The number of thiazole rings is 1. The van der Waals surface area contributed by atoms with Gasteiger partial charge in [0.2, 0.25) is 15.9 Å². The van der Waals surface area contributed by atoms with Crippen LogP contribution in [-0.2, 0) is 27.8 Å². The molecule has 1 aromatic heterocycles. The Kier molecular flexibility index (Phi) is 6.23. The third-order valence-electron chi connectivity index (χ3n) is 4.97. The summed E-state index contributed by atoms with van der Waals surface area (Å²) in [6.07, 6.45) is 0.889. The van der Waals surface area contributed by atoms with E-state index in [9.17, 15) is 13.2 Å². The zero-order valence-electron chi connectivity index (χ0n) is 16.6. The van der Waals surface area contributed by atoms with Gasteiger partial charge in [-0.3, -0.25) is 9.69 Å². The number of nitrogens with one attached hydrogen (secondary N) is 2. The molecule has 1 amide bonds. The lowest BCUT2D eigenvalue weighted by Crippen LogP contribution is -2.29. The second kappa shape index (κ2) is 8.88. The number of benzene rings is 1. The predicted octanol–water partition coefficient (Wildman–Crippen LogP) is 1.60. The number of carbonyl (C=O) groups excluding carboxylic acids is 1. The van der Waals surface area contributed by atoms with Crippen LogP contribution in [-0.4, -0.2) is 57.1 Å². The van der Waals surface area contributed by atoms with Crippen molar-refractivity contribution >= 4 is 32.4 Å². The van der Waals surface area contributed by atoms with E-state index in [1.807, 2.05) is 0 Å². The lowest BCUT2D eigenvalue weighted by Gasteiger charge is -2.23. The Bertz CT molecular complexity index is 1040. The number of nitrogens with zero attached hydrogens (tertiary/aromatic N) is 2. The van der Waals surface area contributed by atoms with Gasteiger partial charge in [0.1, 0.15) is 13.2 Å². The van der Waals surface area contributed by atoms with Crippen LogP contribution < -0.4 is 19.5 Å². The quantitative estimate of drug-likeness (QED) is 0.657. The molecular formula is C19H24N4O5S2. The van der Waals surface area contributed by atoms with Gasteiger partial charge in [-0.2, -0.15) is 0 Å². The van der Waals surface area contributed by atoms with Crippen LogP contribution in [0.5, 0.6) is 11.5 Å². The molecule has 162 valence electrons. The highest BCUT2D eigenvalue weighted by atomic mass is 32.2. The van der Waals surface area contributed by atoms with Gasteiger partial charge in [0.05, 0.1) is 10.6 Å². The van der Waals surface area contributed by atoms with Crippen molar-refractivity contribution < 1.29 is 22.7 Å². The number of sulfonamides is 1. The first-order chi connectivity index (χ1) is 14.4. The second-order valence-electron chi connectivity index (χ2n) is 7.01. The molecule has 0 bridgehead atoms. The molecule has 0 aliphatic carbocycles. The number of fused-ring (bicyclic) bond motifs is 2. The number of likely N-dealkylation sites (N-methyl/N-ethyl adjacent to an activating group) is 1. The minimum Gasteiger partial charge on any atom is -0.486 e. The Balaban J connectivity index is 1.30.